The largest absolute Gasteiger partial charge is 0.271 e. The van der Waals surface area contributed by atoms with Crippen LogP contribution in [0.3, 0.4) is 0 Å². The minimum absolute atomic E-state index is 0.156. The smallest absolute Gasteiger partial charge is 0.258 e. The van der Waals surface area contributed by atoms with E-state index in [2.05, 4.69) is 4.99 Å². The standard InChI is InChI=1S/C19H11N3O5S/c23-21(24)13-6-8-17-15(10-13)19(12-4-2-1-3-5-12)20-16-11-14(22(25)26)7-9-18(16)28(17)27/h1-11H. The molecule has 0 aromatic heterocycles. The summed E-state index contributed by atoms with van der Waals surface area (Å²) >= 11 is 0. The number of hydrogen-bond donors (Lipinski definition) is 0. The van der Waals surface area contributed by atoms with E-state index in [1.165, 1.54) is 36.4 Å². The summed E-state index contributed by atoms with van der Waals surface area (Å²) in [6, 6.07) is 16.9. The molecule has 1 aliphatic rings. The van der Waals surface area contributed by atoms with E-state index in [0.717, 1.165) is 0 Å². The van der Waals surface area contributed by atoms with Crippen LogP contribution in [0.4, 0.5) is 17.1 Å². The third-order valence-corrected chi connectivity index (χ3v) is 5.76. The Labute approximate surface area is 160 Å². The zero-order chi connectivity index (χ0) is 19.8. The SMILES string of the molecule is O=[N+]([O-])c1ccc2c(c1)N=C(c1ccccc1)c1cc([N+](=O)[O-])ccc1S2=O. The zero-order valence-electron chi connectivity index (χ0n) is 14.1. The van der Waals surface area contributed by atoms with Gasteiger partial charge in [0.2, 0.25) is 0 Å². The number of hydrogen-bond acceptors (Lipinski definition) is 6. The second-order valence-electron chi connectivity index (χ2n) is 5.94. The molecule has 0 aliphatic carbocycles. The summed E-state index contributed by atoms with van der Waals surface area (Å²) in [4.78, 5) is 26.5. The van der Waals surface area contributed by atoms with Crippen LogP contribution < -0.4 is 0 Å². The van der Waals surface area contributed by atoms with E-state index in [1.54, 1.807) is 24.3 Å². The zero-order valence-corrected chi connectivity index (χ0v) is 15.0. The first kappa shape index (κ1) is 17.7. The van der Waals surface area contributed by atoms with Gasteiger partial charge in [-0.1, -0.05) is 30.3 Å². The maximum absolute atomic E-state index is 13.2. The van der Waals surface area contributed by atoms with Crippen LogP contribution in [0.15, 0.2) is 81.5 Å². The Bertz CT molecular complexity index is 1190. The first-order chi connectivity index (χ1) is 13.5. The quantitative estimate of drug-likeness (QED) is 0.383. The van der Waals surface area contributed by atoms with Crippen LogP contribution in [0.2, 0.25) is 0 Å². The molecule has 1 aliphatic heterocycles. The molecule has 28 heavy (non-hydrogen) atoms. The van der Waals surface area contributed by atoms with Gasteiger partial charge < -0.3 is 0 Å². The first-order valence-electron chi connectivity index (χ1n) is 8.09. The fourth-order valence-corrected chi connectivity index (χ4v) is 4.23. The average molecular weight is 393 g/mol. The predicted molar refractivity (Wildman–Crippen MR) is 103 cm³/mol. The molecule has 0 N–H and O–H groups in total. The van der Waals surface area contributed by atoms with Crippen LogP contribution in [0.5, 0.6) is 0 Å². The van der Waals surface area contributed by atoms with Crippen LogP contribution >= 0.6 is 0 Å². The number of aliphatic imine (C=N–C) groups is 1. The van der Waals surface area contributed by atoms with Gasteiger partial charge in [-0.25, -0.2) is 9.20 Å². The van der Waals surface area contributed by atoms with Crippen molar-refractivity contribution >= 4 is 33.6 Å². The molecule has 1 heterocycles. The predicted octanol–water partition coefficient (Wildman–Crippen LogP) is 4.15. The summed E-state index contributed by atoms with van der Waals surface area (Å²) in [5, 5.41) is 22.4. The van der Waals surface area contributed by atoms with E-state index in [9.17, 15) is 24.4 Å². The number of nitrogens with zero attached hydrogens (tertiary/aromatic N) is 3. The van der Waals surface area contributed by atoms with Gasteiger partial charge in [-0.3, -0.25) is 20.2 Å². The maximum atomic E-state index is 13.2. The lowest BCUT2D eigenvalue weighted by molar-refractivity contribution is -0.385. The lowest BCUT2D eigenvalue weighted by Crippen LogP contribution is -2.07. The molecule has 0 saturated carbocycles. The van der Waals surface area contributed by atoms with Crippen LogP contribution in [-0.4, -0.2) is 19.8 Å². The molecule has 8 nitrogen and oxygen atoms in total. The van der Waals surface area contributed by atoms with Gasteiger partial charge in [-0.05, 0) is 12.1 Å². The van der Waals surface area contributed by atoms with Gasteiger partial charge in [0, 0.05) is 35.4 Å². The van der Waals surface area contributed by atoms with Gasteiger partial charge in [-0.15, -0.1) is 0 Å². The molecular formula is C19H11N3O5S. The number of nitro benzene ring substituents is 2. The molecule has 1 atom stereocenters. The Balaban J connectivity index is 2.06. The van der Waals surface area contributed by atoms with Crippen LogP contribution in [0, 0.1) is 20.2 Å². The number of fused-ring (bicyclic) bond motifs is 2. The molecule has 9 heteroatoms. The highest BCUT2D eigenvalue weighted by Gasteiger charge is 2.27. The highest BCUT2D eigenvalue weighted by molar-refractivity contribution is 7.85. The molecule has 0 saturated heterocycles. The molecule has 0 radical (unpaired) electrons. The van der Waals surface area contributed by atoms with Crippen molar-refractivity contribution < 1.29 is 14.1 Å². The van der Waals surface area contributed by atoms with Crippen molar-refractivity contribution in [1.82, 2.24) is 0 Å². The molecule has 138 valence electrons. The Hall–Kier alpha value is -3.72. The molecule has 1 unspecified atom stereocenters. The Morgan fingerprint density at radius 3 is 2.04 bits per heavy atom. The summed E-state index contributed by atoms with van der Waals surface area (Å²) in [5.41, 5.74) is 1.25. The summed E-state index contributed by atoms with van der Waals surface area (Å²) in [5.74, 6) is 0. The van der Waals surface area contributed by atoms with Crippen molar-refractivity contribution in [3.05, 3.63) is 98.1 Å². The minimum Gasteiger partial charge on any atom is -0.258 e. The summed E-state index contributed by atoms with van der Waals surface area (Å²) in [6.45, 7) is 0. The van der Waals surface area contributed by atoms with Crippen molar-refractivity contribution in [2.75, 3.05) is 0 Å². The van der Waals surface area contributed by atoms with Gasteiger partial charge in [-0.2, -0.15) is 0 Å². The van der Waals surface area contributed by atoms with Gasteiger partial charge in [0.25, 0.3) is 11.4 Å². The second kappa shape index (κ2) is 6.78. The number of non-ortho nitro benzene ring substituents is 2. The van der Waals surface area contributed by atoms with E-state index in [1.807, 2.05) is 6.07 Å². The normalized spacial score (nSPS) is 15.0. The van der Waals surface area contributed by atoms with Crippen molar-refractivity contribution in [3.63, 3.8) is 0 Å². The van der Waals surface area contributed by atoms with Crippen LogP contribution in [-0.2, 0) is 10.8 Å². The van der Waals surface area contributed by atoms with Crippen molar-refractivity contribution in [1.29, 1.82) is 0 Å². The molecular weight excluding hydrogens is 382 g/mol. The van der Waals surface area contributed by atoms with Gasteiger partial charge >= 0.3 is 0 Å². The van der Waals surface area contributed by atoms with E-state index in [-0.39, 0.29) is 17.1 Å². The van der Waals surface area contributed by atoms with Crippen molar-refractivity contribution in [2.24, 2.45) is 4.99 Å². The lowest BCUT2D eigenvalue weighted by atomic mass is 10.0. The highest BCUT2D eigenvalue weighted by Crippen LogP contribution is 2.37. The first-order valence-corrected chi connectivity index (χ1v) is 9.24. The Morgan fingerprint density at radius 1 is 0.786 bits per heavy atom. The summed E-state index contributed by atoms with van der Waals surface area (Å²) in [6.07, 6.45) is 0. The van der Waals surface area contributed by atoms with Crippen molar-refractivity contribution in [3.8, 4) is 0 Å². The summed E-state index contributed by atoms with van der Waals surface area (Å²) in [7, 11) is -1.70. The van der Waals surface area contributed by atoms with E-state index in [0.29, 0.717) is 26.6 Å². The third-order valence-electron chi connectivity index (χ3n) is 4.26. The second-order valence-corrected chi connectivity index (χ2v) is 7.36. The molecule has 0 fully saturated rings. The van der Waals surface area contributed by atoms with E-state index >= 15 is 0 Å². The van der Waals surface area contributed by atoms with Gasteiger partial charge in [0.15, 0.2) is 0 Å². The number of rotatable bonds is 3. The fourth-order valence-electron chi connectivity index (χ4n) is 2.96. The Kier molecular flexibility index (Phi) is 4.28. The lowest BCUT2D eigenvalue weighted by Gasteiger charge is -2.09. The van der Waals surface area contributed by atoms with Crippen LogP contribution in [0.1, 0.15) is 11.1 Å². The highest BCUT2D eigenvalue weighted by atomic mass is 32.2. The minimum atomic E-state index is -1.70. The topological polar surface area (TPSA) is 116 Å². The summed E-state index contributed by atoms with van der Waals surface area (Å²) < 4.78 is 13.2. The Morgan fingerprint density at radius 2 is 1.39 bits per heavy atom. The van der Waals surface area contributed by atoms with E-state index in [4.69, 9.17) is 0 Å². The average Bonchev–Trinajstić information content (AvgIpc) is 2.83. The third kappa shape index (κ3) is 2.97. The molecule has 0 bridgehead atoms. The molecule has 0 amide bonds. The van der Waals surface area contributed by atoms with Gasteiger partial charge in [0.05, 0.1) is 41.8 Å². The van der Waals surface area contributed by atoms with Crippen molar-refractivity contribution in [2.45, 2.75) is 9.79 Å². The van der Waals surface area contributed by atoms with E-state index < -0.39 is 20.6 Å². The molecule has 0 spiro atoms. The van der Waals surface area contributed by atoms with Gasteiger partial charge in [0.1, 0.15) is 0 Å². The molecule has 3 aromatic rings. The number of nitro groups is 2. The molecule has 3 aromatic carbocycles. The fraction of sp³-hybridized carbons (Fsp3) is 0. The monoisotopic (exact) mass is 393 g/mol. The number of benzene rings is 3. The van der Waals surface area contributed by atoms with Crippen LogP contribution in [0.25, 0.3) is 0 Å². The molecule has 4 rings (SSSR count). The maximum Gasteiger partial charge on any atom is 0.271 e.